The van der Waals surface area contributed by atoms with Gasteiger partial charge in [-0.15, -0.1) is 0 Å². The topological polar surface area (TPSA) is 40.6 Å². The molecule has 0 spiro atoms. The molecule has 0 unspecified atom stereocenters. The summed E-state index contributed by atoms with van der Waals surface area (Å²) in [7, 11) is 0. The molecular formula is C15H17FN2O2. The van der Waals surface area contributed by atoms with Gasteiger partial charge in [-0.25, -0.2) is 4.39 Å². The molecule has 1 aromatic carbocycles. The predicted octanol–water partition coefficient (Wildman–Crippen LogP) is 1.72. The van der Waals surface area contributed by atoms with Crippen molar-refractivity contribution in [3.8, 4) is 0 Å². The normalized spacial score (nSPS) is 19.7. The van der Waals surface area contributed by atoms with Crippen molar-refractivity contribution >= 4 is 17.5 Å². The van der Waals surface area contributed by atoms with Gasteiger partial charge in [0, 0.05) is 19.6 Å². The van der Waals surface area contributed by atoms with Gasteiger partial charge in [0.2, 0.25) is 0 Å². The highest BCUT2D eigenvalue weighted by molar-refractivity contribution is 6.41. The lowest BCUT2D eigenvalue weighted by Gasteiger charge is -2.34. The summed E-state index contributed by atoms with van der Waals surface area (Å²) in [6.07, 6.45) is 2.27. The maximum absolute atomic E-state index is 13.9. The van der Waals surface area contributed by atoms with Gasteiger partial charge >= 0.3 is 11.8 Å². The molecule has 3 rings (SSSR count). The number of rotatable bonds is 3. The molecule has 2 fully saturated rings. The van der Waals surface area contributed by atoms with Crippen molar-refractivity contribution in [2.45, 2.75) is 19.8 Å². The van der Waals surface area contributed by atoms with E-state index in [2.05, 4.69) is 0 Å². The van der Waals surface area contributed by atoms with Crippen LogP contribution < -0.4 is 4.90 Å². The number of hydrogen-bond donors (Lipinski definition) is 0. The van der Waals surface area contributed by atoms with Gasteiger partial charge in [-0.3, -0.25) is 14.5 Å². The molecule has 0 radical (unpaired) electrons. The minimum Gasteiger partial charge on any atom is -0.332 e. The lowest BCUT2D eigenvalue weighted by atomic mass is 10.1. The van der Waals surface area contributed by atoms with Gasteiger partial charge in [0.15, 0.2) is 0 Å². The van der Waals surface area contributed by atoms with Crippen molar-refractivity contribution in [2.75, 3.05) is 24.5 Å². The Hall–Kier alpha value is -1.91. The SMILES string of the molecule is Cc1ccc(F)c(N2CCN(CC3CC3)C(=O)C2=O)c1. The van der Waals surface area contributed by atoms with E-state index in [1.54, 1.807) is 17.0 Å². The first-order valence-corrected chi connectivity index (χ1v) is 6.93. The quantitative estimate of drug-likeness (QED) is 0.789. The minimum absolute atomic E-state index is 0.203. The van der Waals surface area contributed by atoms with Crippen LogP contribution in [0.15, 0.2) is 18.2 Å². The largest absolute Gasteiger partial charge is 0.332 e. The van der Waals surface area contributed by atoms with E-state index >= 15 is 0 Å². The zero-order valence-electron chi connectivity index (χ0n) is 11.4. The second-order valence-electron chi connectivity index (χ2n) is 5.61. The van der Waals surface area contributed by atoms with E-state index in [1.165, 1.54) is 11.0 Å². The minimum atomic E-state index is -0.624. The van der Waals surface area contributed by atoms with Crippen LogP contribution >= 0.6 is 0 Å². The third kappa shape index (κ3) is 2.40. The van der Waals surface area contributed by atoms with E-state index in [0.717, 1.165) is 18.4 Å². The van der Waals surface area contributed by atoms with E-state index in [4.69, 9.17) is 0 Å². The maximum Gasteiger partial charge on any atom is 0.316 e. The molecular weight excluding hydrogens is 259 g/mol. The Kier molecular flexibility index (Phi) is 3.20. The summed E-state index contributed by atoms with van der Waals surface area (Å²) in [5.74, 6) is -1.05. The number of carbonyl (C=O) groups is 2. The number of hydrogen-bond acceptors (Lipinski definition) is 2. The van der Waals surface area contributed by atoms with Crippen LogP contribution in [0.1, 0.15) is 18.4 Å². The fourth-order valence-corrected chi connectivity index (χ4v) is 2.52. The Morgan fingerprint density at radius 1 is 1.20 bits per heavy atom. The van der Waals surface area contributed by atoms with Gasteiger partial charge < -0.3 is 4.90 Å². The number of halogens is 1. The molecule has 5 heteroatoms. The van der Waals surface area contributed by atoms with Crippen LogP contribution in [0, 0.1) is 18.7 Å². The molecule has 20 heavy (non-hydrogen) atoms. The molecule has 1 aliphatic carbocycles. The van der Waals surface area contributed by atoms with E-state index in [-0.39, 0.29) is 5.69 Å². The van der Waals surface area contributed by atoms with Crippen LogP contribution in [-0.2, 0) is 9.59 Å². The number of benzene rings is 1. The van der Waals surface area contributed by atoms with Crippen molar-refractivity contribution in [2.24, 2.45) is 5.92 Å². The Morgan fingerprint density at radius 2 is 1.95 bits per heavy atom. The summed E-state index contributed by atoms with van der Waals surface area (Å²) in [4.78, 5) is 27.1. The van der Waals surface area contributed by atoms with Crippen molar-refractivity contribution < 1.29 is 14.0 Å². The van der Waals surface area contributed by atoms with E-state index in [9.17, 15) is 14.0 Å². The van der Waals surface area contributed by atoms with E-state index < -0.39 is 17.6 Å². The Labute approximate surface area is 117 Å². The molecule has 1 heterocycles. The second kappa shape index (κ2) is 4.89. The number of amides is 2. The van der Waals surface area contributed by atoms with Gasteiger partial charge in [-0.1, -0.05) is 6.07 Å². The third-order valence-electron chi connectivity index (χ3n) is 3.88. The van der Waals surface area contributed by atoms with Crippen molar-refractivity contribution in [3.05, 3.63) is 29.6 Å². The molecule has 1 saturated carbocycles. The highest BCUT2D eigenvalue weighted by Crippen LogP contribution is 2.31. The van der Waals surface area contributed by atoms with Crippen molar-refractivity contribution in [1.29, 1.82) is 0 Å². The fourth-order valence-electron chi connectivity index (χ4n) is 2.52. The average molecular weight is 276 g/mol. The molecule has 0 bridgehead atoms. The van der Waals surface area contributed by atoms with Gasteiger partial charge in [0.05, 0.1) is 5.69 Å². The summed E-state index contributed by atoms with van der Waals surface area (Å²) >= 11 is 0. The lowest BCUT2D eigenvalue weighted by molar-refractivity contribution is -0.146. The molecule has 2 aliphatic rings. The van der Waals surface area contributed by atoms with Crippen LogP contribution in [0.2, 0.25) is 0 Å². The number of carbonyl (C=O) groups excluding carboxylic acids is 2. The zero-order chi connectivity index (χ0) is 14.3. The first-order valence-electron chi connectivity index (χ1n) is 6.93. The summed E-state index contributed by atoms with van der Waals surface area (Å²) in [6, 6.07) is 4.59. The molecule has 106 valence electrons. The second-order valence-corrected chi connectivity index (χ2v) is 5.61. The van der Waals surface area contributed by atoms with Crippen LogP contribution in [0.5, 0.6) is 0 Å². The first-order chi connectivity index (χ1) is 9.56. The lowest BCUT2D eigenvalue weighted by Crippen LogP contribution is -2.55. The Morgan fingerprint density at radius 3 is 2.65 bits per heavy atom. The molecule has 0 N–H and O–H groups in total. The standard InChI is InChI=1S/C15H17FN2O2/c1-10-2-5-12(16)13(8-10)18-7-6-17(9-11-3-4-11)14(19)15(18)20/h2,5,8,11H,3-4,6-7,9H2,1H3. The Balaban J connectivity index is 1.80. The summed E-state index contributed by atoms with van der Waals surface area (Å²) in [6.45, 7) is 3.33. The third-order valence-corrected chi connectivity index (χ3v) is 3.88. The molecule has 1 aliphatic heterocycles. The summed E-state index contributed by atoms with van der Waals surface area (Å²) in [5, 5.41) is 0. The number of aryl methyl sites for hydroxylation is 1. The molecule has 1 saturated heterocycles. The van der Waals surface area contributed by atoms with Crippen LogP contribution in [0.4, 0.5) is 10.1 Å². The predicted molar refractivity (Wildman–Crippen MR) is 72.8 cm³/mol. The molecule has 4 nitrogen and oxygen atoms in total. The zero-order valence-corrected chi connectivity index (χ0v) is 11.4. The van der Waals surface area contributed by atoms with Gasteiger partial charge in [-0.2, -0.15) is 0 Å². The average Bonchev–Trinajstić information content (AvgIpc) is 3.23. The number of anilines is 1. The van der Waals surface area contributed by atoms with Crippen molar-refractivity contribution in [1.82, 2.24) is 4.90 Å². The number of piperazine rings is 1. The van der Waals surface area contributed by atoms with Gasteiger partial charge in [0.25, 0.3) is 0 Å². The highest BCUT2D eigenvalue weighted by atomic mass is 19.1. The van der Waals surface area contributed by atoms with Crippen molar-refractivity contribution in [3.63, 3.8) is 0 Å². The number of nitrogens with zero attached hydrogens (tertiary/aromatic N) is 2. The van der Waals surface area contributed by atoms with Gasteiger partial charge in [0.1, 0.15) is 5.82 Å². The summed E-state index contributed by atoms with van der Waals surface area (Å²) in [5.41, 5.74) is 1.07. The fraction of sp³-hybridized carbons (Fsp3) is 0.467. The van der Waals surface area contributed by atoms with Crippen LogP contribution in [0.25, 0.3) is 0 Å². The molecule has 1 aromatic rings. The van der Waals surface area contributed by atoms with E-state index in [1.807, 2.05) is 6.92 Å². The van der Waals surface area contributed by atoms with Crippen LogP contribution in [-0.4, -0.2) is 36.3 Å². The van der Waals surface area contributed by atoms with E-state index in [0.29, 0.717) is 25.6 Å². The monoisotopic (exact) mass is 276 g/mol. The maximum atomic E-state index is 13.9. The van der Waals surface area contributed by atoms with Crippen LogP contribution in [0.3, 0.4) is 0 Å². The highest BCUT2D eigenvalue weighted by Gasteiger charge is 2.37. The Bertz CT molecular complexity index is 569. The summed E-state index contributed by atoms with van der Waals surface area (Å²) < 4.78 is 13.9. The smallest absolute Gasteiger partial charge is 0.316 e. The molecule has 0 aromatic heterocycles. The first kappa shape index (κ1) is 13.1. The van der Waals surface area contributed by atoms with Gasteiger partial charge in [-0.05, 0) is 43.4 Å². The molecule has 2 amide bonds. The molecule has 0 atom stereocenters.